The molecule has 76 valence electrons. The molecule has 2 nitrogen and oxygen atoms in total. The summed E-state index contributed by atoms with van der Waals surface area (Å²) < 4.78 is 1.36. The Morgan fingerprint density at radius 1 is 1.15 bits per heavy atom. The number of hydrogen-bond donors (Lipinski definition) is 0. The third kappa shape index (κ3) is 4.90. The van der Waals surface area contributed by atoms with Crippen LogP contribution in [0.5, 0.6) is 0 Å². The first-order valence-corrected chi connectivity index (χ1v) is 5.33. The van der Waals surface area contributed by atoms with Gasteiger partial charge in [-0.05, 0) is 12.8 Å². The van der Waals surface area contributed by atoms with E-state index in [0.29, 0.717) is 0 Å². The van der Waals surface area contributed by atoms with Crippen LogP contribution in [0.1, 0.15) is 39.0 Å². The molecule has 0 aromatic heterocycles. The van der Waals surface area contributed by atoms with Gasteiger partial charge in [0.05, 0.1) is 26.7 Å². The molecule has 1 aliphatic rings. The van der Waals surface area contributed by atoms with Crippen molar-refractivity contribution in [1.29, 1.82) is 5.26 Å². The Morgan fingerprint density at radius 3 is 2.15 bits per heavy atom. The van der Waals surface area contributed by atoms with E-state index in [2.05, 4.69) is 14.0 Å². The van der Waals surface area contributed by atoms with E-state index < -0.39 is 0 Å². The fourth-order valence-corrected chi connectivity index (χ4v) is 2.07. The molecule has 0 spiro atoms. The van der Waals surface area contributed by atoms with E-state index >= 15 is 0 Å². The first-order chi connectivity index (χ1) is 6.27. The van der Waals surface area contributed by atoms with E-state index in [4.69, 9.17) is 11.8 Å². The minimum absolute atomic E-state index is 1.36. The van der Waals surface area contributed by atoms with Crippen molar-refractivity contribution in [3.05, 3.63) is 6.57 Å². The molecule has 1 fully saturated rings. The molecule has 0 radical (unpaired) electrons. The average Bonchev–Trinajstić information content (AvgIpc) is 2.57. The molecule has 0 N–H and O–H groups in total. The van der Waals surface area contributed by atoms with Crippen molar-refractivity contribution in [3.8, 4) is 0 Å². The summed E-state index contributed by atoms with van der Waals surface area (Å²) in [6, 6.07) is 0. The molecule has 2 heteroatoms. The number of nitrogens with zero attached hydrogens (tertiary/aromatic N) is 2. The van der Waals surface area contributed by atoms with Gasteiger partial charge in [0.1, 0.15) is 0 Å². The number of rotatable bonds is 4. The standard InChI is InChI=1S/C10H22N.CN/c1-3-4-5-8-11(2)9-6-7-10-11;1-2/h3-10H2,1-2H3;/q+1;-1. The summed E-state index contributed by atoms with van der Waals surface area (Å²) >= 11 is 0. The normalized spacial score (nSPS) is 19.1. The van der Waals surface area contributed by atoms with E-state index in [1.54, 1.807) is 0 Å². The highest BCUT2D eigenvalue weighted by atomic mass is 15.3. The first kappa shape index (κ1) is 12.4. The molecule has 1 heterocycles. The van der Waals surface area contributed by atoms with E-state index in [1.807, 2.05) is 0 Å². The molecular formula is C11H22N2. The van der Waals surface area contributed by atoms with Crippen LogP contribution in [0.25, 0.3) is 0 Å². The summed E-state index contributed by atoms with van der Waals surface area (Å²) in [5.74, 6) is 0. The van der Waals surface area contributed by atoms with E-state index in [-0.39, 0.29) is 0 Å². The number of unbranched alkanes of at least 4 members (excludes halogenated alkanes) is 2. The van der Waals surface area contributed by atoms with Crippen LogP contribution in [-0.4, -0.2) is 31.2 Å². The minimum atomic E-state index is 1.36. The monoisotopic (exact) mass is 182 g/mol. The van der Waals surface area contributed by atoms with Crippen molar-refractivity contribution < 1.29 is 4.48 Å². The van der Waals surface area contributed by atoms with Crippen LogP contribution in [0.15, 0.2) is 0 Å². The van der Waals surface area contributed by atoms with Crippen LogP contribution in [0, 0.1) is 11.8 Å². The second kappa shape index (κ2) is 6.91. The molecule has 0 amide bonds. The summed E-state index contributed by atoms with van der Waals surface area (Å²) in [7, 11) is 2.42. The fourth-order valence-electron chi connectivity index (χ4n) is 2.07. The predicted molar refractivity (Wildman–Crippen MR) is 54.5 cm³/mol. The van der Waals surface area contributed by atoms with Crippen LogP contribution in [0.2, 0.25) is 0 Å². The summed E-state index contributed by atoms with van der Waals surface area (Å²) in [4.78, 5) is 0. The van der Waals surface area contributed by atoms with Crippen LogP contribution < -0.4 is 0 Å². The van der Waals surface area contributed by atoms with Crippen molar-refractivity contribution in [2.75, 3.05) is 26.7 Å². The van der Waals surface area contributed by atoms with Crippen molar-refractivity contribution in [2.45, 2.75) is 39.0 Å². The van der Waals surface area contributed by atoms with Gasteiger partial charge in [0.2, 0.25) is 0 Å². The maximum atomic E-state index is 6.25. The lowest BCUT2D eigenvalue weighted by atomic mass is 10.2. The van der Waals surface area contributed by atoms with Gasteiger partial charge in [-0.25, -0.2) is 0 Å². The second-order valence-electron chi connectivity index (χ2n) is 4.20. The van der Waals surface area contributed by atoms with Crippen LogP contribution in [0.3, 0.4) is 0 Å². The quantitative estimate of drug-likeness (QED) is 0.372. The molecule has 1 rings (SSSR count). The lowest BCUT2D eigenvalue weighted by Crippen LogP contribution is -2.41. The van der Waals surface area contributed by atoms with Gasteiger partial charge >= 0.3 is 0 Å². The first-order valence-electron chi connectivity index (χ1n) is 5.33. The lowest BCUT2D eigenvalue weighted by molar-refractivity contribution is -0.897. The second-order valence-corrected chi connectivity index (χ2v) is 4.20. The highest BCUT2D eigenvalue weighted by molar-refractivity contribution is 4.51. The Kier molecular flexibility index (Phi) is 6.62. The van der Waals surface area contributed by atoms with Crippen LogP contribution >= 0.6 is 0 Å². The van der Waals surface area contributed by atoms with Crippen molar-refractivity contribution in [2.24, 2.45) is 0 Å². The Bertz CT molecular complexity index is 134. The molecule has 0 saturated carbocycles. The van der Waals surface area contributed by atoms with Gasteiger partial charge in [-0.3, -0.25) is 0 Å². The number of quaternary nitrogens is 1. The predicted octanol–water partition coefficient (Wildman–Crippen LogP) is 2.51. The number of hydrogen-bond acceptors (Lipinski definition) is 1. The smallest absolute Gasteiger partial charge is 0.0786 e. The molecule has 1 saturated heterocycles. The van der Waals surface area contributed by atoms with Crippen LogP contribution in [-0.2, 0) is 0 Å². The van der Waals surface area contributed by atoms with Gasteiger partial charge < -0.3 is 16.3 Å². The minimum Gasteiger partial charge on any atom is -0.512 e. The van der Waals surface area contributed by atoms with E-state index in [1.165, 1.54) is 56.2 Å². The summed E-state index contributed by atoms with van der Waals surface area (Å²) in [5, 5.41) is 6.25. The molecule has 0 bridgehead atoms. The Morgan fingerprint density at radius 2 is 1.69 bits per heavy atom. The molecule has 0 unspecified atom stereocenters. The summed E-state index contributed by atoms with van der Waals surface area (Å²) in [5.41, 5.74) is 0. The Labute approximate surface area is 82.8 Å². The van der Waals surface area contributed by atoms with Crippen molar-refractivity contribution >= 4 is 0 Å². The Hall–Kier alpha value is -0.550. The fraction of sp³-hybridized carbons (Fsp3) is 0.909. The maximum absolute atomic E-state index is 6.25. The summed E-state index contributed by atoms with van der Waals surface area (Å²) in [6.45, 7) is 11.3. The molecule has 0 aromatic carbocycles. The highest BCUT2D eigenvalue weighted by Gasteiger charge is 2.25. The van der Waals surface area contributed by atoms with Gasteiger partial charge in [0, 0.05) is 12.8 Å². The molecule has 0 aliphatic carbocycles. The third-order valence-corrected chi connectivity index (χ3v) is 2.95. The zero-order valence-electron chi connectivity index (χ0n) is 9.05. The van der Waals surface area contributed by atoms with Gasteiger partial charge in [-0.1, -0.05) is 13.3 Å². The number of likely N-dealkylation sites (tertiary alicyclic amines) is 1. The summed E-state index contributed by atoms with van der Waals surface area (Å²) in [6.07, 6.45) is 7.14. The zero-order valence-corrected chi connectivity index (χ0v) is 9.05. The van der Waals surface area contributed by atoms with E-state index in [0.717, 1.165) is 0 Å². The molecule has 1 aliphatic heterocycles. The average molecular weight is 182 g/mol. The van der Waals surface area contributed by atoms with Gasteiger partial charge in [0.15, 0.2) is 0 Å². The molecular weight excluding hydrogens is 160 g/mol. The lowest BCUT2D eigenvalue weighted by Gasteiger charge is -2.28. The van der Waals surface area contributed by atoms with Crippen LogP contribution in [0.4, 0.5) is 0 Å². The largest absolute Gasteiger partial charge is 0.512 e. The Balaban J connectivity index is 0.000000671. The van der Waals surface area contributed by atoms with Crippen molar-refractivity contribution in [3.63, 3.8) is 0 Å². The third-order valence-electron chi connectivity index (χ3n) is 2.95. The maximum Gasteiger partial charge on any atom is 0.0786 e. The van der Waals surface area contributed by atoms with Gasteiger partial charge in [-0.2, -0.15) is 0 Å². The van der Waals surface area contributed by atoms with Gasteiger partial charge in [-0.15, -0.1) is 0 Å². The SMILES string of the molecule is CCCCC[N+]1(C)CCCC1.[C-]#N. The van der Waals surface area contributed by atoms with E-state index in [9.17, 15) is 0 Å². The van der Waals surface area contributed by atoms with Gasteiger partial charge in [0.25, 0.3) is 0 Å². The van der Waals surface area contributed by atoms with Crippen molar-refractivity contribution in [1.82, 2.24) is 0 Å². The zero-order chi connectivity index (χ0) is 10.2. The topological polar surface area (TPSA) is 23.8 Å². The molecule has 0 atom stereocenters. The molecule has 0 aromatic rings. The highest BCUT2D eigenvalue weighted by Crippen LogP contribution is 2.17. The molecule has 13 heavy (non-hydrogen) atoms.